The summed E-state index contributed by atoms with van der Waals surface area (Å²) < 4.78 is 0. The average Bonchev–Trinajstić information content (AvgIpc) is 2.90. The average molecular weight is 283 g/mol. The number of nitrogens with zero attached hydrogens (tertiary/aromatic N) is 1. The Hall–Kier alpha value is -1.06. The SMILES string of the molecule is CCCN(C(=O)c1ccc(C)cc1)C1CCNC1.Cl. The summed E-state index contributed by atoms with van der Waals surface area (Å²) in [6.45, 7) is 6.96. The fraction of sp³-hybridized carbons (Fsp3) is 0.533. The number of hydrogen-bond acceptors (Lipinski definition) is 2. The van der Waals surface area contributed by atoms with Crippen LogP contribution in [0.5, 0.6) is 0 Å². The molecule has 1 aliphatic rings. The second-order valence-corrected chi connectivity index (χ2v) is 5.01. The van der Waals surface area contributed by atoms with E-state index in [0.29, 0.717) is 6.04 Å². The summed E-state index contributed by atoms with van der Waals surface area (Å²) in [5.41, 5.74) is 2.00. The number of carbonyl (C=O) groups excluding carboxylic acids is 1. The normalized spacial score (nSPS) is 17.9. The monoisotopic (exact) mass is 282 g/mol. The first-order valence-corrected chi connectivity index (χ1v) is 6.80. The molecule has 0 aliphatic carbocycles. The number of hydrogen-bond donors (Lipinski definition) is 1. The van der Waals surface area contributed by atoms with Gasteiger partial charge in [-0.25, -0.2) is 0 Å². The van der Waals surface area contributed by atoms with E-state index in [-0.39, 0.29) is 18.3 Å². The Kier molecular flexibility index (Phi) is 6.32. The lowest BCUT2D eigenvalue weighted by atomic mass is 10.1. The second-order valence-electron chi connectivity index (χ2n) is 5.01. The minimum atomic E-state index is 0. The highest BCUT2D eigenvalue weighted by molar-refractivity contribution is 5.94. The zero-order chi connectivity index (χ0) is 13.0. The molecule has 1 aromatic carbocycles. The molecule has 19 heavy (non-hydrogen) atoms. The van der Waals surface area contributed by atoms with Crippen LogP contribution in [0.3, 0.4) is 0 Å². The van der Waals surface area contributed by atoms with Crippen LogP contribution in [0.25, 0.3) is 0 Å². The Labute approximate surface area is 121 Å². The summed E-state index contributed by atoms with van der Waals surface area (Å²) in [5.74, 6) is 0.172. The Bertz CT molecular complexity index is 399. The lowest BCUT2D eigenvalue weighted by Crippen LogP contribution is -2.42. The van der Waals surface area contributed by atoms with Gasteiger partial charge < -0.3 is 10.2 Å². The van der Waals surface area contributed by atoms with Crippen molar-refractivity contribution < 1.29 is 4.79 Å². The molecular formula is C15H23ClN2O. The Morgan fingerprint density at radius 3 is 2.58 bits per heavy atom. The van der Waals surface area contributed by atoms with Gasteiger partial charge in [0.1, 0.15) is 0 Å². The van der Waals surface area contributed by atoms with Gasteiger partial charge >= 0.3 is 0 Å². The molecule has 1 aromatic rings. The molecule has 0 bridgehead atoms. The summed E-state index contributed by atoms with van der Waals surface area (Å²) >= 11 is 0. The van der Waals surface area contributed by atoms with Gasteiger partial charge in [-0.1, -0.05) is 24.6 Å². The van der Waals surface area contributed by atoms with E-state index in [4.69, 9.17) is 0 Å². The van der Waals surface area contributed by atoms with Crippen molar-refractivity contribution in [1.82, 2.24) is 10.2 Å². The van der Waals surface area contributed by atoms with Crippen LogP contribution in [-0.2, 0) is 0 Å². The maximum atomic E-state index is 12.5. The lowest BCUT2D eigenvalue weighted by Gasteiger charge is -2.28. The number of benzene rings is 1. The van der Waals surface area contributed by atoms with Gasteiger partial charge in [-0.3, -0.25) is 4.79 Å². The molecule has 4 heteroatoms. The van der Waals surface area contributed by atoms with Crippen LogP contribution >= 0.6 is 12.4 Å². The zero-order valence-corrected chi connectivity index (χ0v) is 12.5. The Morgan fingerprint density at radius 2 is 2.05 bits per heavy atom. The van der Waals surface area contributed by atoms with Gasteiger partial charge in [0.15, 0.2) is 0 Å². The molecule has 0 radical (unpaired) electrons. The van der Waals surface area contributed by atoms with E-state index in [2.05, 4.69) is 12.2 Å². The largest absolute Gasteiger partial charge is 0.334 e. The van der Waals surface area contributed by atoms with Crippen molar-refractivity contribution in [1.29, 1.82) is 0 Å². The fourth-order valence-electron chi connectivity index (χ4n) is 2.46. The summed E-state index contributed by atoms with van der Waals surface area (Å²) in [6, 6.07) is 8.23. The molecular weight excluding hydrogens is 260 g/mol. The number of nitrogens with one attached hydrogen (secondary N) is 1. The van der Waals surface area contributed by atoms with Crippen LogP contribution in [-0.4, -0.2) is 36.5 Å². The van der Waals surface area contributed by atoms with E-state index in [9.17, 15) is 4.79 Å². The van der Waals surface area contributed by atoms with Crippen LogP contribution in [0, 0.1) is 6.92 Å². The van der Waals surface area contributed by atoms with E-state index in [1.54, 1.807) is 0 Å². The Morgan fingerprint density at radius 1 is 1.37 bits per heavy atom. The van der Waals surface area contributed by atoms with Crippen LogP contribution in [0.4, 0.5) is 0 Å². The molecule has 106 valence electrons. The minimum absolute atomic E-state index is 0. The lowest BCUT2D eigenvalue weighted by molar-refractivity contribution is 0.0692. The summed E-state index contributed by atoms with van der Waals surface area (Å²) in [7, 11) is 0. The van der Waals surface area contributed by atoms with Crippen molar-refractivity contribution in [3.63, 3.8) is 0 Å². The second kappa shape index (κ2) is 7.51. The third-order valence-corrected chi connectivity index (χ3v) is 3.50. The van der Waals surface area contributed by atoms with Gasteiger partial charge in [0.05, 0.1) is 0 Å². The fourth-order valence-corrected chi connectivity index (χ4v) is 2.46. The van der Waals surface area contributed by atoms with Crippen LogP contribution in [0.1, 0.15) is 35.7 Å². The summed E-state index contributed by atoms with van der Waals surface area (Å²) in [6.07, 6.45) is 2.08. The summed E-state index contributed by atoms with van der Waals surface area (Å²) in [5, 5.41) is 3.33. The first-order valence-electron chi connectivity index (χ1n) is 6.80. The molecule has 1 amide bonds. The molecule has 1 fully saturated rings. The van der Waals surface area contributed by atoms with Crippen molar-refractivity contribution >= 4 is 18.3 Å². The van der Waals surface area contributed by atoms with Crippen molar-refractivity contribution in [2.75, 3.05) is 19.6 Å². The predicted octanol–water partition coefficient (Wildman–Crippen LogP) is 2.63. The molecule has 1 saturated heterocycles. The molecule has 0 saturated carbocycles. The smallest absolute Gasteiger partial charge is 0.254 e. The quantitative estimate of drug-likeness (QED) is 0.921. The van der Waals surface area contributed by atoms with Crippen molar-refractivity contribution in [2.45, 2.75) is 32.7 Å². The predicted molar refractivity (Wildman–Crippen MR) is 81.0 cm³/mol. The first-order chi connectivity index (χ1) is 8.72. The highest BCUT2D eigenvalue weighted by Gasteiger charge is 2.26. The van der Waals surface area contributed by atoms with E-state index in [1.807, 2.05) is 36.1 Å². The van der Waals surface area contributed by atoms with Crippen molar-refractivity contribution in [3.8, 4) is 0 Å². The molecule has 2 rings (SSSR count). The maximum Gasteiger partial charge on any atom is 0.254 e. The van der Waals surface area contributed by atoms with Gasteiger partial charge in [-0.15, -0.1) is 12.4 Å². The number of amides is 1. The van der Waals surface area contributed by atoms with E-state index < -0.39 is 0 Å². The molecule has 0 aromatic heterocycles. The van der Waals surface area contributed by atoms with Gasteiger partial charge in [0, 0.05) is 24.7 Å². The molecule has 1 heterocycles. The number of halogens is 1. The molecule has 1 unspecified atom stereocenters. The molecule has 1 atom stereocenters. The Balaban J connectivity index is 0.00000180. The topological polar surface area (TPSA) is 32.3 Å². The summed E-state index contributed by atoms with van der Waals surface area (Å²) in [4.78, 5) is 14.6. The number of carbonyl (C=O) groups is 1. The highest BCUT2D eigenvalue weighted by atomic mass is 35.5. The molecule has 1 N–H and O–H groups in total. The van der Waals surface area contributed by atoms with Gasteiger partial charge in [0.25, 0.3) is 5.91 Å². The van der Waals surface area contributed by atoms with Gasteiger partial charge in [-0.05, 0) is 38.4 Å². The number of aryl methyl sites for hydroxylation is 1. The van der Waals surface area contributed by atoms with Crippen molar-refractivity contribution in [3.05, 3.63) is 35.4 Å². The number of rotatable bonds is 4. The van der Waals surface area contributed by atoms with Gasteiger partial charge in [0.2, 0.25) is 0 Å². The minimum Gasteiger partial charge on any atom is -0.334 e. The third kappa shape index (κ3) is 3.95. The first kappa shape index (κ1) is 16.0. The van der Waals surface area contributed by atoms with E-state index in [0.717, 1.165) is 38.0 Å². The standard InChI is InChI=1S/C15H22N2O.ClH/c1-3-10-17(14-8-9-16-11-14)15(18)13-6-4-12(2)5-7-13;/h4-7,14,16H,3,8-11H2,1-2H3;1H. The van der Waals surface area contributed by atoms with E-state index >= 15 is 0 Å². The van der Waals surface area contributed by atoms with Crippen LogP contribution in [0.2, 0.25) is 0 Å². The molecule has 0 spiro atoms. The van der Waals surface area contributed by atoms with E-state index in [1.165, 1.54) is 5.56 Å². The zero-order valence-electron chi connectivity index (χ0n) is 11.7. The van der Waals surface area contributed by atoms with Gasteiger partial charge in [-0.2, -0.15) is 0 Å². The molecule has 1 aliphatic heterocycles. The van der Waals surface area contributed by atoms with Crippen LogP contribution < -0.4 is 5.32 Å². The van der Waals surface area contributed by atoms with Crippen molar-refractivity contribution in [2.24, 2.45) is 0 Å². The van der Waals surface area contributed by atoms with Crippen LogP contribution in [0.15, 0.2) is 24.3 Å². The third-order valence-electron chi connectivity index (χ3n) is 3.50. The maximum absolute atomic E-state index is 12.5. The highest BCUT2D eigenvalue weighted by Crippen LogP contribution is 2.14. The molecule has 3 nitrogen and oxygen atoms in total.